The molecule has 2 heterocycles. The van der Waals surface area contributed by atoms with Crippen LogP contribution in [0.3, 0.4) is 0 Å². The molecule has 5 heteroatoms. The summed E-state index contributed by atoms with van der Waals surface area (Å²) in [6, 6.07) is 0. The minimum Gasteiger partial charge on any atom is -0.464 e. The zero-order valence-electron chi connectivity index (χ0n) is 6.44. The summed E-state index contributed by atoms with van der Waals surface area (Å²) in [5.74, 6) is -0.431. The van der Waals surface area contributed by atoms with Crippen LogP contribution in [0.4, 0.5) is 0 Å². The topological polar surface area (TPSA) is 46.6 Å². The second-order valence-corrected chi connectivity index (χ2v) is 3.61. The van der Waals surface area contributed by atoms with E-state index < -0.39 is 5.97 Å². The summed E-state index contributed by atoms with van der Waals surface area (Å²) in [6.45, 7) is 0. The van der Waals surface area contributed by atoms with Gasteiger partial charge in [-0.3, -0.25) is 9.69 Å². The van der Waals surface area contributed by atoms with Crippen molar-refractivity contribution in [3.63, 3.8) is 0 Å². The number of ether oxygens (including phenoxy) is 1. The molecule has 0 N–H and O–H groups in total. The van der Waals surface area contributed by atoms with Gasteiger partial charge in [0.15, 0.2) is 0 Å². The highest BCUT2D eigenvalue weighted by Crippen LogP contribution is 2.40. The monoisotopic (exact) mass is 185 g/mol. The lowest BCUT2D eigenvalue weighted by Gasteiger charge is -2.34. The average Bonchev–Trinajstić information content (AvgIpc) is 2.40. The number of carbonyl (C=O) groups excluding carboxylic acids is 2. The Kier molecular flexibility index (Phi) is 1.61. The van der Waals surface area contributed by atoms with Crippen LogP contribution in [0.5, 0.6) is 0 Å². The first-order chi connectivity index (χ1) is 5.74. The Morgan fingerprint density at radius 2 is 2.58 bits per heavy atom. The fourth-order valence-corrected chi connectivity index (χ4v) is 2.32. The van der Waals surface area contributed by atoms with Crippen molar-refractivity contribution in [3.05, 3.63) is 11.1 Å². The minimum absolute atomic E-state index is 0.00153. The summed E-state index contributed by atoms with van der Waals surface area (Å²) in [7, 11) is 1.31. The van der Waals surface area contributed by atoms with Gasteiger partial charge in [-0.2, -0.15) is 0 Å². The Bertz CT molecular complexity index is 286. The van der Waals surface area contributed by atoms with Gasteiger partial charge in [-0.15, -0.1) is 11.8 Å². The number of thioether (sulfide) groups is 1. The van der Waals surface area contributed by atoms with E-state index in [1.165, 1.54) is 23.8 Å². The summed E-state index contributed by atoms with van der Waals surface area (Å²) in [5.41, 5.74) is 0.378. The summed E-state index contributed by atoms with van der Waals surface area (Å²) < 4.78 is 4.52. The normalized spacial score (nSPS) is 26.1. The Labute approximate surface area is 73.5 Å². The third-order valence-electron chi connectivity index (χ3n) is 1.90. The number of β-lactam (4-membered cyclic amide) rings is 1. The number of hydrogen-bond donors (Lipinski definition) is 0. The standard InChI is InChI=1S/C7H7NO3S/c1-11-7(10)4-3-12-6-2-5(9)8(4)6/h3,6H,2H2,1H3/t6-/m0/s1. The molecule has 1 saturated heterocycles. The number of nitrogens with zero attached hydrogens (tertiary/aromatic N) is 1. The van der Waals surface area contributed by atoms with E-state index in [0.717, 1.165) is 0 Å². The highest BCUT2D eigenvalue weighted by atomic mass is 32.2. The van der Waals surface area contributed by atoms with Crippen molar-refractivity contribution in [2.24, 2.45) is 0 Å². The predicted octanol–water partition coefficient (Wildman–Crippen LogP) is 0.306. The molecule has 2 aliphatic rings. The number of amides is 1. The largest absolute Gasteiger partial charge is 0.464 e. The molecule has 4 nitrogen and oxygen atoms in total. The summed E-state index contributed by atoms with van der Waals surface area (Å²) >= 11 is 1.49. The first-order valence-corrected chi connectivity index (χ1v) is 4.44. The van der Waals surface area contributed by atoms with Crippen LogP contribution in [0.15, 0.2) is 11.1 Å². The van der Waals surface area contributed by atoms with Crippen molar-refractivity contribution in [1.29, 1.82) is 0 Å². The van der Waals surface area contributed by atoms with Gasteiger partial charge in [0.05, 0.1) is 18.9 Å². The number of carbonyl (C=O) groups is 2. The average molecular weight is 185 g/mol. The molecular weight excluding hydrogens is 178 g/mol. The smallest absolute Gasteiger partial charge is 0.355 e. The van der Waals surface area contributed by atoms with Crippen molar-refractivity contribution >= 4 is 23.6 Å². The summed E-state index contributed by atoms with van der Waals surface area (Å²) in [6.07, 6.45) is 0.529. The van der Waals surface area contributed by atoms with Gasteiger partial charge >= 0.3 is 5.97 Å². The van der Waals surface area contributed by atoms with Crippen molar-refractivity contribution in [3.8, 4) is 0 Å². The van der Waals surface area contributed by atoms with Crippen molar-refractivity contribution in [2.75, 3.05) is 7.11 Å². The molecule has 1 atom stereocenters. The molecule has 2 aliphatic heterocycles. The predicted molar refractivity (Wildman–Crippen MR) is 42.9 cm³/mol. The van der Waals surface area contributed by atoms with Crippen LogP contribution in [0.25, 0.3) is 0 Å². The molecule has 0 saturated carbocycles. The van der Waals surface area contributed by atoms with E-state index >= 15 is 0 Å². The molecule has 0 aromatic carbocycles. The molecule has 12 heavy (non-hydrogen) atoms. The molecule has 0 aromatic rings. The number of esters is 1. The highest BCUT2D eigenvalue weighted by molar-refractivity contribution is 8.03. The number of hydrogen-bond acceptors (Lipinski definition) is 4. The van der Waals surface area contributed by atoms with Gasteiger partial charge in [-0.25, -0.2) is 4.79 Å². The minimum atomic E-state index is -0.432. The number of fused-ring (bicyclic) bond motifs is 1. The van der Waals surface area contributed by atoms with Crippen LogP contribution < -0.4 is 0 Å². The first kappa shape index (κ1) is 7.67. The van der Waals surface area contributed by atoms with Gasteiger partial charge < -0.3 is 4.74 Å². The quantitative estimate of drug-likeness (QED) is 0.435. The lowest BCUT2D eigenvalue weighted by molar-refractivity contribution is -0.147. The van der Waals surface area contributed by atoms with E-state index in [2.05, 4.69) is 4.74 Å². The van der Waals surface area contributed by atoms with Crippen molar-refractivity contribution in [1.82, 2.24) is 4.90 Å². The van der Waals surface area contributed by atoms with Gasteiger partial charge in [0, 0.05) is 5.41 Å². The van der Waals surface area contributed by atoms with Gasteiger partial charge in [0.2, 0.25) is 5.91 Å². The van der Waals surface area contributed by atoms with E-state index in [9.17, 15) is 9.59 Å². The maximum absolute atomic E-state index is 11.1. The lowest BCUT2D eigenvalue weighted by Crippen LogP contribution is -2.48. The van der Waals surface area contributed by atoms with Crippen LogP contribution in [0.1, 0.15) is 6.42 Å². The molecule has 0 radical (unpaired) electrons. The Morgan fingerprint density at radius 3 is 3.17 bits per heavy atom. The Morgan fingerprint density at radius 1 is 1.83 bits per heavy atom. The summed E-state index contributed by atoms with van der Waals surface area (Å²) in [5, 5.41) is 1.83. The van der Waals surface area contributed by atoms with Crippen LogP contribution in [-0.2, 0) is 14.3 Å². The zero-order valence-corrected chi connectivity index (χ0v) is 7.26. The maximum Gasteiger partial charge on any atom is 0.355 e. The van der Waals surface area contributed by atoms with E-state index in [1.807, 2.05) is 0 Å². The molecule has 2 rings (SSSR count). The molecule has 0 unspecified atom stereocenters. The first-order valence-electron chi connectivity index (χ1n) is 3.50. The Balaban J connectivity index is 2.17. The van der Waals surface area contributed by atoms with E-state index in [0.29, 0.717) is 12.1 Å². The second kappa shape index (κ2) is 2.52. The van der Waals surface area contributed by atoms with Crippen LogP contribution in [0, 0.1) is 0 Å². The molecular formula is C7H7NO3S. The second-order valence-electron chi connectivity index (χ2n) is 2.55. The molecule has 1 fully saturated rings. The number of methoxy groups -OCH3 is 1. The van der Waals surface area contributed by atoms with Crippen molar-refractivity contribution in [2.45, 2.75) is 11.8 Å². The molecule has 0 bridgehead atoms. The SMILES string of the molecule is COC(=O)C1=CS[C@H]2CC(=O)N12. The Hall–Kier alpha value is -0.970. The molecule has 0 spiro atoms. The lowest BCUT2D eigenvalue weighted by atomic mass is 10.2. The van der Waals surface area contributed by atoms with Crippen LogP contribution in [-0.4, -0.2) is 29.3 Å². The van der Waals surface area contributed by atoms with Crippen molar-refractivity contribution < 1.29 is 14.3 Å². The zero-order chi connectivity index (χ0) is 8.72. The van der Waals surface area contributed by atoms with Gasteiger partial charge in [-0.1, -0.05) is 0 Å². The summed E-state index contributed by atoms with van der Waals surface area (Å²) in [4.78, 5) is 23.5. The van der Waals surface area contributed by atoms with Gasteiger partial charge in [-0.05, 0) is 0 Å². The van der Waals surface area contributed by atoms with Gasteiger partial charge in [0.1, 0.15) is 5.70 Å². The molecule has 0 aliphatic carbocycles. The molecule has 1 amide bonds. The van der Waals surface area contributed by atoms with Crippen LogP contribution in [0.2, 0.25) is 0 Å². The number of rotatable bonds is 1. The van der Waals surface area contributed by atoms with Gasteiger partial charge in [0.25, 0.3) is 0 Å². The highest BCUT2D eigenvalue weighted by Gasteiger charge is 2.44. The fourth-order valence-electron chi connectivity index (χ4n) is 1.24. The molecule has 0 aromatic heterocycles. The van der Waals surface area contributed by atoms with Crippen LogP contribution >= 0.6 is 11.8 Å². The third kappa shape index (κ3) is 0.859. The van der Waals surface area contributed by atoms with E-state index in [1.54, 1.807) is 5.41 Å². The van der Waals surface area contributed by atoms with E-state index in [-0.39, 0.29) is 11.3 Å². The van der Waals surface area contributed by atoms with E-state index in [4.69, 9.17) is 0 Å². The fraction of sp³-hybridized carbons (Fsp3) is 0.429. The third-order valence-corrected chi connectivity index (χ3v) is 2.95. The maximum atomic E-state index is 11.1. The molecule has 64 valence electrons.